The lowest BCUT2D eigenvalue weighted by Crippen LogP contribution is -2.05. The van der Waals surface area contributed by atoms with Crippen molar-refractivity contribution in [1.29, 1.82) is 0 Å². The van der Waals surface area contributed by atoms with Crippen molar-refractivity contribution in [2.45, 2.75) is 6.92 Å². The molecule has 0 atom stereocenters. The summed E-state index contributed by atoms with van der Waals surface area (Å²) in [4.78, 5) is 11.7. The van der Waals surface area contributed by atoms with E-state index in [-0.39, 0.29) is 0 Å². The van der Waals surface area contributed by atoms with Crippen molar-refractivity contribution in [3.8, 4) is 11.5 Å². The van der Waals surface area contributed by atoms with Crippen molar-refractivity contribution in [2.24, 2.45) is 0 Å². The van der Waals surface area contributed by atoms with Crippen molar-refractivity contribution in [3.63, 3.8) is 0 Å². The summed E-state index contributed by atoms with van der Waals surface area (Å²) in [5.41, 5.74) is 6.72. The number of anilines is 1. The molecule has 0 aliphatic heterocycles. The number of halogens is 1. The third-order valence-electron chi connectivity index (χ3n) is 2.57. The maximum atomic E-state index is 11.7. The van der Waals surface area contributed by atoms with Crippen molar-refractivity contribution in [1.82, 2.24) is 0 Å². The number of carbonyl (C=O) groups excluding carboxylic acids is 1. The Morgan fingerprint density at radius 2 is 1.90 bits per heavy atom. The summed E-state index contributed by atoms with van der Waals surface area (Å²) in [6, 6.07) is 12.2. The first-order chi connectivity index (χ1) is 9.60. The first-order valence-electron chi connectivity index (χ1n) is 6.10. The maximum Gasteiger partial charge on any atom is 0.338 e. The van der Waals surface area contributed by atoms with Gasteiger partial charge in [0, 0.05) is 4.47 Å². The van der Waals surface area contributed by atoms with Gasteiger partial charge >= 0.3 is 5.97 Å². The highest BCUT2D eigenvalue weighted by molar-refractivity contribution is 9.10. The highest BCUT2D eigenvalue weighted by Crippen LogP contribution is 2.29. The van der Waals surface area contributed by atoms with Crippen LogP contribution in [0.3, 0.4) is 0 Å². The molecule has 20 heavy (non-hydrogen) atoms. The van der Waals surface area contributed by atoms with Crippen molar-refractivity contribution in [2.75, 3.05) is 12.3 Å². The van der Waals surface area contributed by atoms with Crippen LogP contribution in [0.5, 0.6) is 11.5 Å². The maximum absolute atomic E-state index is 11.7. The number of nitrogens with two attached hydrogens (primary N) is 1. The summed E-state index contributed by atoms with van der Waals surface area (Å²) in [5.74, 6) is 0.673. The van der Waals surface area contributed by atoms with E-state index >= 15 is 0 Å². The minimum Gasteiger partial charge on any atom is -0.462 e. The molecule has 0 saturated heterocycles. The van der Waals surface area contributed by atoms with E-state index in [0.717, 1.165) is 4.47 Å². The lowest BCUT2D eigenvalue weighted by molar-refractivity contribution is 0.0526. The number of benzene rings is 2. The highest BCUT2D eigenvalue weighted by atomic mass is 79.9. The molecule has 0 amide bonds. The SMILES string of the molecule is CCOC(=O)c1ccc(N)c(Oc2ccc(Br)cc2)c1. The van der Waals surface area contributed by atoms with E-state index in [1.807, 2.05) is 12.1 Å². The zero-order chi connectivity index (χ0) is 14.5. The van der Waals surface area contributed by atoms with Crippen LogP contribution in [0.25, 0.3) is 0 Å². The third-order valence-corrected chi connectivity index (χ3v) is 3.09. The molecule has 0 radical (unpaired) electrons. The quantitative estimate of drug-likeness (QED) is 0.677. The number of nitrogen functional groups attached to an aromatic ring is 1. The number of esters is 1. The van der Waals surface area contributed by atoms with E-state index < -0.39 is 5.97 Å². The van der Waals surface area contributed by atoms with Crippen LogP contribution in [-0.4, -0.2) is 12.6 Å². The number of rotatable bonds is 4. The molecule has 4 nitrogen and oxygen atoms in total. The molecular weight excluding hydrogens is 322 g/mol. The van der Waals surface area contributed by atoms with E-state index in [2.05, 4.69) is 15.9 Å². The molecule has 2 aromatic rings. The van der Waals surface area contributed by atoms with E-state index in [1.54, 1.807) is 37.3 Å². The van der Waals surface area contributed by atoms with Crippen LogP contribution in [0.15, 0.2) is 46.9 Å². The van der Waals surface area contributed by atoms with Gasteiger partial charge in [-0.05, 0) is 49.4 Å². The lowest BCUT2D eigenvalue weighted by atomic mass is 10.2. The Hall–Kier alpha value is -2.01. The Balaban J connectivity index is 2.24. The topological polar surface area (TPSA) is 61.5 Å². The van der Waals surface area contributed by atoms with Gasteiger partial charge in [0.25, 0.3) is 0 Å². The first-order valence-corrected chi connectivity index (χ1v) is 6.89. The largest absolute Gasteiger partial charge is 0.462 e. The third kappa shape index (κ3) is 3.51. The molecule has 2 N–H and O–H groups in total. The molecule has 0 fully saturated rings. The number of hydrogen-bond donors (Lipinski definition) is 1. The van der Waals surface area contributed by atoms with E-state index in [4.69, 9.17) is 15.2 Å². The van der Waals surface area contributed by atoms with Crippen LogP contribution in [0, 0.1) is 0 Å². The molecular formula is C15H14BrNO3. The lowest BCUT2D eigenvalue weighted by Gasteiger charge is -2.10. The van der Waals surface area contributed by atoms with Crippen LogP contribution in [0.4, 0.5) is 5.69 Å². The van der Waals surface area contributed by atoms with Gasteiger partial charge < -0.3 is 15.2 Å². The van der Waals surface area contributed by atoms with Crippen molar-refractivity contribution >= 4 is 27.6 Å². The molecule has 104 valence electrons. The smallest absolute Gasteiger partial charge is 0.338 e. The van der Waals surface area contributed by atoms with Gasteiger partial charge in [0.2, 0.25) is 0 Å². The summed E-state index contributed by atoms with van der Waals surface area (Å²) in [5, 5.41) is 0. The van der Waals surface area contributed by atoms with Crippen molar-refractivity contribution < 1.29 is 14.3 Å². The Labute approximate surface area is 125 Å². The molecule has 0 aliphatic carbocycles. The number of ether oxygens (including phenoxy) is 2. The fourth-order valence-corrected chi connectivity index (χ4v) is 1.86. The average molecular weight is 336 g/mol. The van der Waals surface area contributed by atoms with Gasteiger partial charge in [-0.1, -0.05) is 15.9 Å². The number of hydrogen-bond acceptors (Lipinski definition) is 4. The predicted octanol–water partition coefficient (Wildman–Crippen LogP) is 4.00. The second-order valence-corrected chi connectivity index (χ2v) is 4.94. The monoisotopic (exact) mass is 335 g/mol. The van der Waals surface area contributed by atoms with Gasteiger partial charge in [-0.3, -0.25) is 0 Å². The second kappa shape index (κ2) is 6.43. The van der Waals surface area contributed by atoms with E-state index in [1.165, 1.54) is 0 Å². The summed E-state index contributed by atoms with van der Waals surface area (Å²) in [7, 11) is 0. The summed E-state index contributed by atoms with van der Waals surface area (Å²) >= 11 is 3.35. The molecule has 0 heterocycles. The summed E-state index contributed by atoms with van der Waals surface area (Å²) in [6.45, 7) is 2.08. The van der Waals surface area contributed by atoms with Gasteiger partial charge in [0.1, 0.15) is 5.75 Å². The van der Waals surface area contributed by atoms with Gasteiger partial charge in [0.15, 0.2) is 5.75 Å². The van der Waals surface area contributed by atoms with Gasteiger partial charge in [-0.15, -0.1) is 0 Å². The Morgan fingerprint density at radius 3 is 2.55 bits per heavy atom. The zero-order valence-corrected chi connectivity index (χ0v) is 12.5. The molecule has 0 aliphatic rings. The van der Waals surface area contributed by atoms with Crippen LogP contribution >= 0.6 is 15.9 Å². The van der Waals surface area contributed by atoms with Crippen LogP contribution in [0.1, 0.15) is 17.3 Å². The van der Waals surface area contributed by atoms with Gasteiger partial charge in [0.05, 0.1) is 17.9 Å². The average Bonchev–Trinajstić information content (AvgIpc) is 2.44. The van der Waals surface area contributed by atoms with E-state index in [9.17, 15) is 4.79 Å². The normalized spacial score (nSPS) is 10.1. The molecule has 0 bridgehead atoms. The molecule has 5 heteroatoms. The standard InChI is InChI=1S/C15H14BrNO3/c1-2-19-15(18)10-3-8-13(17)14(9-10)20-12-6-4-11(16)5-7-12/h3-9H,2,17H2,1H3. The van der Waals surface area contributed by atoms with Gasteiger partial charge in [-0.25, -0.2) is 4.79 Å². The zero-order valence-electron chi connectivity index (χ0n) is 10.9. The predicted molar refractivity (Wildman–Crippen MR) is 81.0 cm³/mol. The van der Waals surface area contributed by atoms with Gasteiger partial charge in [-0.2, -0.15) is 0 Å². The Kier molecular flexibility index (Phi) is 4.63. The van der Waals surface area contributed by atoms with E-state index in [0.29, 0.717) is 29.4 Å². The minimum atomic E-state index is -0.395. The summed E-state index contributed by atoms with van der Waals surface area (Å²) in [6.07, 6.45) is 0. The molecule has 2 aromatic carbocycles. The highest BCUT2D eigenvalue weighted by Gasteiger charge is 2.10. The second-order valence-electron chi connectivity index (χ2n) is 4.03. The molecule has 2 rings (SSSR count). The Bertz CT molecular complexity index is 611. The summed E-state index contributed by atoms with van der Waals surface area (Å²) < 4.78 is 11.6. The Morgan fingerprint density at radius 1 is 1.20 bits per heavy atom. The van der Waals surface area contributed by atoms with Crippen LogP contribution in [-0.2, 0) is 4.74 Å². The van der Waals surface area contributed by atoms with Crippen LogP contribution in [0.2, 0.25) is 0 Å². The van der Waals surface area contributed by atoms with Crippen molar-refractivity contribution in [3.05, 3.63) is 52.5 Å². The fraction of sp³-hybridized carbons (Fsp3) is 0.133. The molecule has 0 unspecified atom stereocenters. The number of carbonyl (C=O) groups is 1. The molecule has 0 spiro atoms. The van der Waals surface area contributed by atoms with Crippen LogP contribution < -0.4 is 10.5 Å². The fourth-order valence-electron chi connectivity index (χ4n) is 1.59. The first kappa shape index (κ1) is 14.4. The minimum absolute atomic E-state index is 0.326. The molecule has 0 aromatic heterocycles. The molecule has 0 saturated carbocycles.